The molecule has 0 N–H and O–H groups in total. The van der Waals surface area contributed by atoms with Crippen LogP contribution in [0.25, 0.3) is 5.65 Å². The van der Waals surface area contributed by atoms with Crippen LogP contribution in [0.15, 0.2) is 6.07 Å². The van der Waals surface area contributed by atoms with Crippen molar-refractivity contribution in [2.75, 3.05) is 0 Å². The van der Waals surface area contributed by atoms with Crippen molar-refractivity contribution in [3.8, 4) is 0 Å². The number of halogens is 1. The molecule has 0 saturated heterocycles. The van der Waals surface area contributed by atoms with Gasteiger partial charge in [0.2, 0.25) is 0 Å². The first-order valence-corrected chi connectivity index (χ1v) is 6.53. The van der Waals surface area contributed by atoms with Crippen LogP contribution in [0.2, 0.25) is 5.15 Å². The molecule has 1 fully saturated rings. The summed E-state index contributed by atoms with van der Waals surface area (Å²) < 4.78 is 2.02. The Hall–Kier alpha value is -1.16. The van der Waals surface area contributed by atoms with Crippen molar-refractivity contribution in [1.82, 2.24) is 19.6 Å². The van der Waals surface area contributed by atoms with E-state index in [0.29, 0.717) is 11.1 Å². The van der Waals surface area contributed by atoms with E-state index in [9.17, 15) is 0 Å². The van der Waals surface area contributed by atoms with Crippen molar-refractivity contribution in [3.63, 3.8) is 0 Å². The van der Waals surface area contributed by atoms with Gasteiger partial charge >= 0.3 is 0 Å². The van der Waals surface area contributed by atoms with Crippen LogP contribution < -0.4 is 0 Å². The first-order valence-electron chi connectivity index (χ1n) is 6.15. The van der Waals surface area contributed by atoms with Gasteiger partial charge in [0.1, 0.15) is 16.8 Å². The molecule has 0 aromatic carbocycles. The van der Waals surface area contributed by atoms with E-state index in [1.807, 2.05) is 11.3 Å². The molecular formula is C13H17ClN4. The van der Waals surface area contributed by atoms with Crippen LogP contribution in [0.4, 0.5) is 0 Å². The predicted octanol–water partition coefficient (Wildman–Crippen LogP) is 3.24. The van der Waals surface area contributed by atoms with Gasteiger partial charge in [-0.15, -0.1) is 10.2 Å². The van der Waals surface area contributed by atoms with Gasteiger partial charge in [-0.25, -0.2) is 4.98 Å². The van der Waals surface area contributed by atoms with Crippen LogP contribution in [0.1, 0.15) is 45.3 Å². The van der Waals surface area contributed by atoms with E-state index in [2.05, 4.69) is 42.9 Å². The van der Waals surface area contributed by atoms with Gasteiger partial charge in [0.05, 0.1) is 0 Å². The fourth-order valence-electron chi connectivity index (χ4n) is 3.11. The molecule has 0 atom stereocenters. The molecule has 5 heteroatoms. The minimum atomic E-state index is 0.238. The molecule has 0 spiro atoms. The second-order valence-electron chi connectivity index (χ2n) is 6.25. The summed E-state index contributed by atoms with van der Waals surface area (Å²) in [6, 6.07) is 1.76. The summed E-state index contributed by atoms with van der Waals surface area (Å²) >= 11 is 5.95. The van der Waals surface area contributed by atoms with Crippen molar-refractivity contribution in [3.05, 3.63) is 22.9 Å². The zero-order chi connectivity index (χ0) is 13.3. The fourth-order valence-corrected chi connectivity index (χ4v) is 3.33. The lowest BCUT2D eigenvalue weighted by Gasteiger charge is -2.04. The zero-order valence-corrected chi connectivity index (χ0v) is 12.1. The van der Waals surface area contributed by atoms with E-state index in [1.54, 1.807) is 6.07 Å². The normalized spacial score (nSPS) is 21.4. The number of nitrogens with zero attached hydrogens (tertiary/aromatic N) is 4. The van der Waals surface area contributed by atoms with Gasteiger partial charge in [-0.05, 0) is 17.8 Å². The minimum absolute atomic E-state index is 0.238. The van der Waals surface area contributed by atoms with Gasteiger partial charge in [0, 0.05) is 12.0 Å². The number of hydrogen-bond acceptors (Lipinski definition) is 3. The Balaban J connectivity index is 2.22. The maximum atomic E-state index is 5.95. The van der Waals surface area contributed by atoms with Gasteiger partial charge < -0.3 is 0 Å². The van der Waals surface area contributed by atoms with Gasteiger partial charge in [-0.2, -0.15) is 0 Å². The summed E-state index contributed by atoms with van der Waals surface area (Å²) in [6.45, 7) is 11.0. The summed E-state index contributed by atoms with van der Waals surface area (Å²) in [5.74, 6) is 2.25. The molecule has 2 aromatic rings. The molecule has 2 heterocycles. The lowest BCUT2D eigenvalue weighted by atomic mass is 10.0. The fraction of sp³-hybridized carbons (Fsp3) is 0.615. The van der Waals surface area contributed by atoms with Gasteiger partial charge in [0.25, 0.3) is 0 Å². The largest absolute Gasteiger partial charge is 0.266 e. The summed E-state index contributed by atoms with van der Waals surface area (Å²) in [7, 11) is 0. The molecule has 4 nitrogen and oxygen atoms in total. The van der Waals surface area contributed by atoms with Gasteiger partial charge in [-0.3, -0.25) is 4.40 Å². The van der Waals surface area contributed by atoms with Gasteiger partial charge in [-0.1, -0.05) is 39.3 Å². The zero-order valence-electron chi connectivity index (χ0n) is 11.3. The maximum absolute atomic E-state index is 5.95. The van der Waals surface area contributed by atoms with E-state index in [1.165, 1.54) is 0 Å². The molecule has 0 amide bonds. The topological polar surface area (TPSA) is 43.1 Å². The van der Waals surface area contributed by atoms with E-state index in [0.717, 1.165) is 17.3 Å². The molecule has 0 unspecified atom stereocenters. The molecule has 96 valence electrons. The highest BCUT2D eigenvalue weighted by atomic mass is 35.5. The van der Waals surface area contributed by atoms with E-state index >= 15 is 0 Å². The van der Waals surface area contributed by atoms with Crippen molar-refractivity contribution in [2.24, 2.45) is 10.8 Å². The second kappa shape index (κ2) is 3.23. The Labute approximate surface area is 111 Å². The molecule has 1 aliphatic carbocycles. The third kappa shape index (κ3) is 1.30. The molecule has 0 radical (unpaired) electrons. The summed E-state index contributed by atoms with van der Waals surface area (Å²) in [6.07, 6.45) is 0. The average molecular weight is 265 g/mol. The second-order valence-corrected chi connectivity index (χ2v) is 6.64. The maximum Gasteiger partial charge on any atom is 0.165 e. The third-order valence-corrected chi connectivity index (χ3v) is 5.03. The lowest BCUT2D eigenvalue weighted by molar-refractivity contribution is 0.457. The van der Waals surface area contributed by atoms with E-state index < -0.39 is 0 Å². The number of rotatable bonds is 1. The van der Waals surface area contributed by atoms with Crippen LogP contribution in [0.5, 0.6) is 0 Å². The first-order chi connectivity index (χ1) is 8.26. The Bertz CT molecular complexity index is 628. The standard InChI is InChI=1S/C13H17ClN4/c1-7-15-8(14)6-9-16-17-11(18(7)9)10-12(2,3)13(10,4)5/h6,10H,1-5H3. The SMILES string of the molecule is Cc1nc(Cl)cc2nnc(C3C(C)(C)C3(C)C)n12. The van der Waals surface area contributed by atoms with Crippen LogP contribution in [-0.2, 0) is 0 Å². The first kappa shape index (κ1) is 11.9. The number of aryl methyl sites for hydroxylation is 1. The Morgan fingerprint density at radius 3 is 2.33 bits per heavy atom. The quantitative estimate of drug-likeness (QED) is 0.743. The van der Waals surface area contributed by atoms with E-state index in [4.69, 9.17) is 11.6 Å². The van der Waals surface area contributed by atoms with Crippen molar-refractivity contribution in [1.29, 1.82) is 0 Å². The monoisotopic (exact) mass is 264 g/mol. The molecule has 0 aliphatic heterocycles. The minimum Gasteiger partial charge on any atom is -0.266 e. The molecule has 3 rings (SSSR count). The molecule has 2 aromatic heterocycles. The van der Waals surface area contributed by atoms with Crippen molar-refractivity contribution in [2.45, 2.75) is 40.5 Å². The number of hydrogen-bond donors (Lipinski definition) is 0. The summed E-state index contributed by atoms with van der Waals surface area (Å²) in [5, 5.41) is 9.05. The van der Waals surface area contributed by atoms with Crippen LogP contribution in [0, 0.1) is 17.8 Å². The molecule has 0 bridgehead atoms. The summed E-state index contributed by atoms with van der Waals surface area (Å²) in [4.78, 5) is 4.29. The van der Waals surface area contributed by atoms with Crippen LogP contribution >= 0.6 is 11.6 Å². The Morgan fingerprint density at radius 1 is 1.17 bits per heavy atom. The average Bonchev–Trinajstić information content (AvgIpc) is 2.58. The molecular weight excluding hydrogens is 248 g/mol. The van der Waals surface area contributed by atoms with E-state index in [-0.39, 0.29) is 10.8 Å². The highest BCUT2D eigenvalue weighted by Crippen LogP contribution is 2.73. The van der Waals surface area contributed by atoms with Crippen molar-refractivity contribution < 1.29 is 0 Å². The number of aromatic nitrogens is 4. The Kier molecular flexibility index (Phi) is 2.14. The molecule has 1 aliphatic rings. The highest BCUT2D eigenvalue weighted by molar-refractivity contribution is 6.29. The highest BCUT2D eigenvalue weighted by Gasteiger charge is 2.67. The Morgan fingerprint density at radius 2 is 1.78 bits per heavy atom. The predicted molar refractivity (Wildman–Crippen MR) is 70.8 cm³/mol. The van der Waals surface area contributed by atoms with Crippen LogP contribution in [-0.4, -0.2) is 19.6 Å². The molecule has 18 heavy (non-hydrogen) atoms. The smallest absolute Gasteiger partial charge is 0.165 e. The third-order valence-electron chi connectivity index (χ3n) is 4.83. The molecule has 1 saturated carbocycles. The lowest BCUT2D eigenvalue weighted by Crippen LogP contribution is -2.02. The van der Waals surface area contributed by atoms with Crippen molar-refractivity contribution >= 4 is 17.2 Å². The van der Waals surface area contributed by atoms with Gasteiger partial charge in [0.15, 0.2) is 5.65 Å². The number of fused-ring (bicyclic) bond motifs is 1. The van der Waals surface area contributed by atoms with Crippen LogP contribution in [0.3, 0.4) is 0 Å². The summed E-state index contributed by atoms with van der Waals surface area (Å²) in [5.41, 5.74) is 1.25.